The van der Waals surface area contributed by atoms with Gasteiger partial charge in [-0.15, -0.1) is 11.3 Å². The number of carbonyl (C=O) groups excluding carboxylic acids is 3. The minimum absolute atomic E-state index is 0.262. The van der Waals surface area contributed by atoms with Crippen LogP contribution in [0.4, 0.5) is 10.5 Å². The first kappa shape index (κ1) is 24.2. The van der Waals surface area contributed by atoms with Gasteiger partial charge in [-0.05, 0) is 64.1 Å². The molecule has 0 saturated heterocycles. The van der Waals surface area contributed by atoms with Crippen LogP contribution in [0, 0.1) is 0 Å². The third-order valence-electron chi connectivity index (χ3n) is 4.48. The zero-order valence-electron chi connectivity index (χ0n) is 19.2. The highest BCUT2D eigenvalue weighted by Gasteiger charge is 2.23. The number of thiazole rings is 1. The molecule has 1 heterocycles. The van der Waals surface area contributed by atoms with Gasteiger partial charge in [0.1, 0.15) is 10.6 Å². The van der Waals surface area contributed by atoms with Gasteiger partial charge in [0.05, 0.1) is 22.3 Å². The molecule has 8 nitrogen and oxygen atoms in total. The van der Waals surface area contributed by atoms with E-state index in [2.05, 4.69) is 10.3 Å². The summed E-state index contributed by atoms with van der Waals surface area (Å²) in [7, 11) is 1.65. The highest BCUT2D eigenvalue weighted by atomic mass is 32.1. The number of esters is 1. The maximum absolute atomic E-state index is 12.7. The summed E-state index contributed by atoms with van der Waals surface area (Å²) in [6.45, 7) is 7.17. The number of nitrogens with one attached hydrogen (secondary N) is 1. The first-order chi connectivity index (χ1) is 15.5. The monoisotopic (exact) mass is 469 g/mol. The van der Waals surface area contributed by atoms with Gasteiger partial charge in [-0.25, -0.2) is 14.6 Å². The lowest BCUT2D eigenvalue weighted by Gasteiger charge is -2.20. The van der Waals surface area contributed by atoms with Crippen molar-refractivity contribution in [1.29, 1.82) is 0 Å². The van der Waals surface area contributed by atoms with Gasteiger partial charge in [-0.1, -0.05) is 12.1 Å². The summed E-state index contributed by atoms with van der Waals surface area (Å²) in [5.74, 6) is -0.959. The topological polar surface area (TPSA) is 97.8 Å². The van der Waals surface area contributed by atoms with Crippen molar-refractivity contribution in [1.82, 2.24) is 9.88 Å². The Morgan fingerprint density at radius 2 is 1.76 bits per heavy atom. The number of amides is 2. The van der Waals surface area contributed by atoms with E-state index in [9.17, 15) is 14.4 Å². The summed E-state index contributed by atoms with van der Waals surface area (Å²) in [6.07, 6.45) is -1.55. The lowest BCUT2D eigenvalue weighted by molar-refractivity contribution is -0.139. The zero-order chi connectivity index (χ0) is 24.2. The Kier molecular flexibility index (Phi) is 7.33. The number of benzene rings is 2. The Bertz CT molecular complexity index is 1120. The van der Waals surface area contributed by atoms with E-state index in [4.69, 9.17) is 9.47 Å². The molecule has 3 rings (SSSR count). The van der Waals surface area contributed by atoms with E-state index in [0.717, 1.165) is 15.2 Å². The van der Waals surface area contributed by atoms with Gasteiger partial charge in [0, 0.05) is 12.7 Å². The molecule has 0 bridgehead atoms. The molecule has 2 aromatic carbocycles. The Hall–Kier alpha value is -3.46. The Labute approximate surface area is 196 Å². The van der Waals surface area contributed by atoms with Crippen LogP contribution in [0.5, 0.6) is 0 Å². The molecule has 174 valence electrons. The van der Waals surface area contributed by atoms with E-state index in [1.54, 1.807) is 40.0 Å². The van der Waals surface area contributed by atoms with Crippen LogP contribution in [-0.2, 0) is 20.8 Å². The minimum Gasteiger partial charge on any atom is -0.449 e. The molecular formula is C24H27N3O5S. The minimum atomic E-state index is -0.962. The van der Waals surface area contributed by atoms with Crippen LogP contribution in [0.2, 0.25) is 0 Å². The molecule has 1 N–H and O–H groups in total. The smallest absolute Gasteiger partial charge is 0.412 e. The van der Waals surface area contributed by atoms with Crippen LogP contribution >= 0.6 is 11.3 Å². The number of carbonyl (C=O) groups is 3. The van der Waals surface area contributed by atoms with Crippen molar-refractivity contribution in [3.63, 3.8) is 0 Å². The number of hydrogen-bond donors (Lipinski definition) is 1. The number of likely N-dealkylation sites (N-methyl/N-ethyl adjacent to an activating group) is 1. The largest absolute Gasteiger partial charge is 0.449 e. The third kappa shape index (κ3) is 6.76. The molecule has 0 aliphatic rings. The fraction of sp³-hybridized carbons (Fsp3) is 0.333. The quantitative estimate of drug-likeness (QED) is 0.519. The summed E-state index contributed by atoms with van der Waals surface area (Å²) in [4.78, 5) is 43.0. The molecule has 2 amide bonds. The molecule has 9 heteroatoms. The van der Waals surface area contributed by atoms with E-state index in [-0.39, 0.29) is 11.5 Å². The second-order valence-electron chi connectivity index (χ2n) is 8.52. The SMILES string of the molecule is CC(OC(=O)c1ccc(NC(=O)OC(C)(C)C)cc1)C(=O)N(C)Cc1nc2ccccc2s1. The van der Waals surface area contributed by atoms with Crippen molar-refractivity contribution in [2.24, 2.45) is 0 Å². The van der Waals surface area contributed by atoms with E-state index >= 15 is 0 Å². The molecule has 0 saturated carbocycles. The van der Waals surface area contributed by atoms with Gasteiger partial charge in [0.15, 0.2) is 6.10 Å². The maximum atomic E-state index is 12.7. The molecule has 0 radical (unpaired) electrons. The van der Waals surface area contributed by atoms with E-state index in [1.165, 1.54) is 35.3 Å². The second-order valence-corrected chi connectivity index (χ2v) is 9.64. The predicted molar refractivity (Wildman–Crippen MR) is 127 cm³/mol. The fourth-order valence-electron chi connectivity index (χ4n) is 2.97. The molecule has 0 aliphatic heterocycles. The fourth-order valence-corrected chi connectivity index (χ4v) is 3.99. The molecule has 1 aromatic heterocycles. The van der Waals surface area contributed by atoms with Crippen LogP contribution in [0.25, 0.3) is 10.2 Å². The predicted octanol–water partition coefficient (Wildman–Crippen LogP) is 4.85. The zero-order valence-corrected chi connectivity index (χ0v) is 20.1. The van der Waals surface area contributed by atoms with E-state index < -0.39 is 23.8 Å². The van der Waals surface area contributed by atoms with Crippen molar-refractivity contribution < 1.29 is 23.9 Å². The van der Waals surface area contributed by atoms with E-state index in [1.807, 2.05) is 24.3 Å². The van der Waals surface area contributed by atoms with E-state index in [0.29, 0.717) is 12.2 Å². The van der Waals surface area contributed by atoms with Crippen molar-refractivity contribution >= 4 is 45.2 Å². The van der Waals surface area contributed by atoms with Gasteiger partial charge in [-0.3, -0.25) is 10.1 Å². The van der Waals surface area contributed by atoms with Crippen molar-refractivity contribution in [2.75, 3.05) is 12.4 Å². The Morgan fingerprint density at radius 1 is 1.09 bits per heavy atom. The number of rotatable bonds is 6. The number of fused-ring (bicyclic) bond motifs is 1. The summed E-state index contributed by atoms with van der Waals surface area (Å²) >= 11 is 1.52. The maximum Gasteiger partial charge on any atom is 0.412 e. The van der Waals surface area contributed by atoms with Crippen LogP contribution in [0.3, 0.4) is 0 Å². The molecule has 1 unspecified atom stereocenters. The molecule has 0 fully saturated rings. The number of anilines is 1. The lowest BCUT2D eigenvalue weighted by Crippen LogP contribution is -2.37. The van der Waals surface area contributed by atoms with Gasteiger partial charge in [-0.2, -0.15) is 0 Å². The normalized spacial score (nSPS) is 12.2. The molecular weight excluding hydrogens is 442 g/mol. The summed E-state index contributed by atoms with van der Waals surface area (Å²) in [6, 6.07) is 13.9. The van der Waals surface area contributed by atoms with Crippen LogP contribution in [0.15, 0.2) is 48.5 Å². The lowest BCUT2D eigenvalue weighted by atomic mass is 10.2. The van der Waals surface area contributed by atoms with Crippen molar-refractivity contribution in [2.45, 2.75) is 45.9 Å². The number of para-hydroxylation sites is 1. The first-order valence-electron chi connectivity index (χ1n) is 10.4. The standard InChI is InChI=1S/C24H27N3O5S/c1-15(21(28)27(5)14-20-26-18-8-6-7-9-19(18)33-20)31-22(29)16-10-12-17(13-11-16)25-23(30)32-24(2,3)4/h6-13,15H,14H2,1-5H3,(H,25,30). The number of hydrogen-bond acceptors (Lipinski definition) is 7. The third-order valence-corrected chi connectivity index (χ3v) is 5.51. The van der Waals surface area contributed by atoms with Crippen molar-refractivity contribution in [3.05, 3.63) is 59.1 Å². The van der Waals surface area contributed by atoms with Crippen LogP contribution < -0.4 is 5.32 Å². The summed E-state index contributed by atoms with van der Waals surface area (Å²) < 4.78 is 11.6. The van der Waals surface area contributed by atoms with Gasteiger partial charge in [0.2, 0.25) is 0 Å². The molecule has 0 spiro atoms. The number of nitrogens with zero attached hydrogens (tertiary/aromatic N) is 2. The molecule has 33 heavy (non-hydrogen) atoms. The second kappa shape index (κ2) is 9.99. The van der Waals surface area contributed by atoms with Gasteiger partial charge < -0.3 is 14.4 Å². The Balaban J connectivity index is 1.54. The average molecular weight is 470 g/mol. The number of aromatic nitrogens is 1. The average Bonchev–Trinajstić information content (AvgIpc) is 3.14. The van der Waals surface area contributed by atoms with Crippen LogP contribution in [0.1, 0.15) is 43.1 Å². The van der Waals surface area contributed by atoms with Gasteiger partial charge >= 0.3 is 12.1 Å². The molecule has 3 aromatic rings. The molecule has 0 aliphatic carbocycles. The first-order valence-corrected chi connectivity index (χ1v) is 11.2. The highest BCUT2D eigenvalue weighted by molar-refractivity contribution is 7.18. The number of ether oxygens (including phenoxy) is 2. The van der Waals surface area contributed by atoms with Crippen LogP contribution in [-0.4, -0.2) is 46.6 Å². The van der Waals surface area contributed by atoms with Gasteiger partial charge in [0.25, 0.3) is 5.91 Å². The Morgan fingerprint density at radius 3 is 2.39 bits per heavy atom. The summed E-state index contributed by atoms with van der Waals surface area (Å²) in [5.41, 5.74) is 1.01. The highest BCUT2D eigenvalue weighted by Crippen LogP contribution is 2.22. The van der Waals surface area contributed by atoms with Crippen molar-refractivity contribution in [3.8, 4) is 0 Å². The molecule has 1 atom stereocenters. The summed E-state index contributed by atoms with van der Waals surface area (Å²) in [5, 5.41) is 3.40.